The van der Waals surface area contributed by atoms with Crippen LogP contribution in [0.2, 0.25) is 0 Å². The lowest BCUT2D eigenvalue weighted by Gasteiger charge is -2.28. The fraction of sp³-hybridized carbons (Fsp3) is 0.833. The summed E-state index contributed by atoms with van der Waals surface area (Å²) in [5, 5.41) is 26.4. The quantitative estimate of drug-likeness (QED) is 0.389. The lowest BCUT2D eigenvalue weighted by atomic mass is 10.1. The highest BCUT2D eigenvalue weighted by molar-refractivity contribution is 7.43. The number of aliphatic hydroxyl groups excluding tert-OH is 3. The fourth-order valence-corrected chi connectivity index (χ4v) is 1.02. The zero-order valence-electron chi connectivity index (χ0n) is 7.61. The second kappa shape index (κ2) is 6.29. The smallest absolute Gasteiger partial charge is 0.189 e. The Hall–Kier alpha value is -0.340. The van der Waals surface area contributed by atoms with Crippen LogP contribution in [0.4, 0.5) is 0 Å². The Balaban J connectivity index is 4.05. The van der Waals surface area contributed by atoms with E-state index in [0.29, 0.717) is 0 Å². The molecule has 0 aliphatic heterocycles. The molecule has 0 aromatic carbocycles. The molecule has 2 atom stereocenters. The number of hydrogen-bond donors (Lipinski definition) is 3. The first kappa shape index (κ1) is 14.7. The Morgan fingerprint density at radius 2 is 1.93 bits per heavy atom. The Labute approximate surface area is 85.4 Å². The molecule has 0 heterocycles. The maximum atomic E-state index is 10.9. The number of hydrogen-bond acceptors (Lipinski definition) is 8. The molecule has 0 aromatic rings. The number of carbonyl (C=O) groups is 1. The molecular weight excluding hydrogens is 231 g/mol. The van der Waals surface area contributed by atoms with Crippen LogP contribution < -0.4 is 9.79 Å². The summed E-state index contributed by atoms with van der Waals surface area (Å²) < 4.78 is 13.6. The first-order valence-corrected chi connectivity index (χ1v) is 5.40. The van der Waals surface area contributed by atoms with Gasteiger partial charge in [-0.3, -0.25) is 4.79 Å². The maximum absolute atomic E-state index is 10.9. The van der Waals surface area contributed by atoms with Crippen LogP contribution >= 0.6 is 7.82 Å². The number of Topliss-reactive ketones (excluding diaryl/α,β-unsaturated/α-hetero) is 1. The molecule has 0 rings (SSSR count). The van der Waals surface area contributed by atoms with E-state index >= 15 is 0 Å². The highest BCUT2D eigenvalue weighted by Crippen LogP contribution is 2.24. The predicted molar refractivity (Wildman–Crippen MR) is 42.3 cm³/mol. The number of phosphoric ester groups is 1. The molecule has 0 radical (unpaired) electrons. The number of carbonyl (C=O) groups excluding carboxylic acids is 1. The molecule has 8 nitrogen and oxygen atoms in total. The summed E-state index contributed by atoms with van der Waals surface area (Å²) >= 11 is 0. The van der Waals surface area contributed by atoms with E-state index in [9.17, 15) is 19.1 Å². The molecule has 0 bridgehead atoms. The van der Waals surface area contributed by atoms with E-state index in [0.717, 1.165) is 0 Å². The van der Waals surface area contributed by atoms with Crippen molar-refractivity contribution in [2.45, 2.75) is 18.6 Å². The number of phosphoric acid groups is 1. The van der Waals surface area contributed by atoms with E-state index in [1.165, 1.54) is 0 Å². The van der Waals surface area contributed by atoms with Gasteiger partial charge in [-0.2, -0.15) is 0 Å². The van der Waals surface area contributed by atoms with E-state index in [-0.39, 0.29) is 6.42 Å². The molecule has 0 amide bonds. The molecule has 0 saturated heterocycles. The van der Waals surface area contributed by atoms with E-state index < -0.39 is 39.0 Å². The molecule has 9 heteroatoms. The van der Waals surface area contributed by atoms with Gasteiger partial charge in [0.25, 0.3) is 0 Å². The van der Waals surface area contributed by atoms with Crippen LogP contribution in [-0.2, 0) is 13.9 Å². The van der Waals surface area contributed by atoms with Crippen molar-refractivity contribution >= 4 is 13.6 Å². The van der Waals surface area contributed by atoms with E-state index in [4.69, 9.17) is 15.3 Å². The van der Waals surface area contributed by atoms with Crippen LogP contribution in [0.25, 0.3) is 0 Å². The van der Waals surface area contributed by atoms with Gasteiger partial charge in [-0.15, -0.1) is 0 Å². The lowest BCUT2D eigenvalue weighted by Crippen LogP contribution is -2.37. The number of aliphatic hydroxyl groups is 3. The van der Waals surface area contributed by atoms with Crippen molar-refractivity contribution < 1.29 is 39.0 Å². The zero-order chi connectivity index (χ0) is 12.1. The van der Waals surface area contributed by atoms with E-state index in [1.807, 2.05) is 0 Å². The molecule has 0 saturated carbocycles. The highest BCUT2D eigenvalue weighted by atomic mass is 31.2. The largest absolute Gasteiger partial charge is 0.790 e. The van der Waals surface area contributed by atoms with Crippen LogP contribution in [0.15, 0.2) is 0 Å². The Bertz CT molecular complexity index is 248. The monoisotopic (exact) mass is 242 g/mol. The molecule has 90 valence electrons. The lowest BCUT2D eigenvalue weighted by molar-refractivity contribution is -0.341. The van der Waals surface area contributed by atoms with E-state index in [1.54, 1.807) is 0 Å². The number of ketones is 1. The standard InChI is InChI=1S/C6H13O8P/c7-2-1-4(8)6(10)5(9)3-14-15(11,12)13/h4,6-8,10H,1-3H2,(H2,11,12,13)/p-2/t4-,6+/m0/s1. The van der Waals surface area contributed by atoms with Gasteiger partial charge in [0.1, 0.15) is 12.7 Å². The third kappa shape index (κ3) is 6.69. The first-order valence-electron chi connectivity index (χ1n) is 3.94. The summed E-state index contributed by atoms with van der Waals surface area (Å²) in [4.78, 5) is 30.8. The first-order chi connectivity index (χ1) is 6.78. The van der Waals surface area contributed by atoms with Gasteiger partial charge in [-0.25, -0.2) is 0 Å². The van der Waals surface area contributed by atoms with Gasteiger partial charge in [-0.1, -0.05) is 0 Å². The van der Waals surface area contributed by atoms with E-state index in [2.05, 4.69) is 4.52 Å². The molecular formula is C6H11O8P-2. The van der Waals surface area contributed by atoms with Crippen molar-refractivity contribution in [2.75, 3.05) is 13.2 Å². The predicted octanol–water partition coefficient (Wildman–Crippen LogP) is -3.49. The fourth-order valence-electron chi connectivity index (χ4n) is 0.733. The van der Waals surface area contributed by atoms with Gasteiger partial charge in [0.2, 0.25) is 0 Å². The van der Waals surface area contributed by atoms with Crippen molar-refractivity contribution in [1.82, 2.24) is 0 Å². The van der Waals surface area contributed by atoms with Gasteiger partial charge >= 0.3 is 0 Å². The van der Waals surface area contributed by atoms with Gasteiger partial charge in [0.05, 0.1) is 13.9 Å². The maximum Gasteiger partial charge on any atom is 0.189 e. The molecule has 0 aromatic heterocycles. The molecule has 0 spiro atoms. The summed E-state index contributed by atoms with van der Waals surface area (Å²) in [5.41, 5.74) is 0. The minimum atomic E-state index is -5.27. The molecule has 0 aliphatic carbocycles. The number of rotatable bonds is 7. The average molecular weight is 242 g/mol. The van der Waals surface area contributed by atoms with Crippen LogP contribution in [0.5, 0.6) is 0 Å². The molecule has 0 unspecified atom stereocenters. The van der Waals surface area contributed by atoms with Crippen molar-refractivity contribution in [2.24, 2.45) is 0 Å². The van der Waals surface area contributed by atoms with Crippen molar-refractivity contribution in [1.29, 1.82) is 0 Å². The second-order valence-corrected chi connectivity index (χ2v) is 3.86. The molecule has 0 aliphatic rings. The van der Waals surface area contributed by atoms with Crippen LogP contribution in [-0.4, -0.2) is 46.5 Å². The topological polar surface area (TPSA) is 150 Å². The summed E-state index contributed by atoms with van der Waals surface area (Å²) in [7, 11) is -5.27. The van der Waals surface area contributed by atoms with Crippen LogP contribution in [0.3, 0.4) is 0 Å². The zero-order valence-corrected chi connectivity index (χ0v) is 8.50. The molecule has 15 heavy (non-hydrogen) atoms. The van der Waals surface area contributed by atoms with Crippen LogP contribution in [0.1, 0.15) is 6.42 Å². The summed E-state index contributed by atoms with van der Waals surface area (Å²) in [6.07, 6.45) is -3.66. The van der Waals surface area contributed by atoms with Gasteiger partial charge in [0.15, 0.2) is 5.78 Å². The SMILES string of the molecule is O=C(COP(=O)([O-])[O-])[C@H](O)[C@@H](O)CCO. The van der Waals surface area contributed by atoms with Gasteiger partial charge in [-0.05, 0) is 6.42 Å². The highest BCUT2D eigenvalue weighted by Gasteiger charge is 2.23. The average Bonchev–Trinajstić information content (AvgIpc) is 2.12. The summed E-state index contributed by atoms with van der Waals surface area (Å²) in [5.74, 6) is -1.15. The third-order valence-corrected chi connectivity index (χ3v) is 1.93. The minimum Gasteiger partial charge on any atom is -0.790 e. The Morgan fingerprint density at radius 3 is 2.33 bits per heavy atom. The van der Waals surface area contributed by atoms with Crippen molar-refractivity contribution in [3.05, 3.63) is 0 Å². The van der Waals surface area contributed by atoms with Gasteiger partial charge in [0, 0.05) is 6.61 Å². The summed E-state index contributed by atoms with van der Waals surface area (Å²) in [6, 6.07) is 0. The Morgan fingerprint density at radius 1 is 1.40 bits per heavy atom. The van der Waals surface area contributed by atoms with Gasteiger partial charge < -0.3 is 34.2 Å². The van der Waals surface area contributed by atoms with Crippen molar-refractivity contribution in [3.8, 4) is 0 Å². The summed E-state index contributed by atoms with van der Waals surface area (Å²) in [6.45, 7) is -1.58. The van der Waals surface area contributed by atoms with Crippen molar-refractivity contribution in [3.63, 3.8) is 0 Å². The third-order valence-electron chi connectivity index (χ3n) is 1.48. The molecule has 0 fully saturated rings. The Kier molecular flexibility index (Phi) is 6.15. The normalized spacial score (nSPS) is 16.1. The molecule has 3 N–H and O–H groups in total. The second-order valence-electron chi connectivity index (χ2n) is 2.71. The van der Waals surface area contributed by atoms with Crippen LogP contribution in [0, 0.1) is 0 Å². The minimum absolute atomic E-state index is 0.251.